The molecule has 0 spiro atoms. The number of halogens is 3. The molecule has 2 aromatic rings. The molecule has 464 valence electrons. The van der Waals surface area contributed by atoms with Crippen LogP contribution in [0.5, 0.6) is 0 Å². The zero-order valence-corrected chi connectivity index (χ0v) is 56.4. The summed E-state index contributed by atoms with van der Waals surface area (Å²) in [6.07, 6.45) is 6.74. The molecule has 3 saturated carbocycles. The highest BCUT2D eigenvalue weighted by Gasteiger charge is 2.62. The van der Waals surface area contributed by atoms with Gasteiger partial charge in [0.15, 0.2) is 5.60 Å². The average Bonchev–Trinajstić information content (AvgIpc) is 4.12. The first-order chi connectivity index (χ1) is 35.6. The molecular weight excluding hydrogens is 994 g/mol. The van der Waals surface area contributed by atoms with E-state index < -0.39 is 17.7 Å². The Morgan fingerprint density at radius 1 is 0.633 bits per heavy atom. The van der Waals surface area contributed by atoms with Crippen molar-refractivity contribution in [3.63, 3.8) is 0 Å². The summed E-state index contributed by atoms with van der Waals surface area (Å²) < 4.78 is 49.0. The number of alkyl halides is 3. The van der Waals surface area contributed by atoms with E-state index in [2.05, 4.69) is 159 Å². The van der Waals surface area contributed by atoms with E-state index in [1.807, 2.05) is 73.7 Å². The number of aliphatic hydroxyl groups excluding tert-OH is 1. The third kappa shape index (κ3) is 32.1. The summed E-state index contributed by atoms with van der Waals surface area (Å²) in [7, 11) is 3.51. The smallest absolute Gasteiger partial charge is 0.417 e. The molecule has 1 aromatic heterocycles. The maximum Gasteiger partial charge on any atom is 0.417 e. The molecule has 2 N–H and O–H groups in total. The second-order valence-electron chi connectivity index (χ2n) is 30.5. The third-order valence-electron chi connectivity index (χ3n) is 16.1. The molecule has 0 saturated heterocycles. The van der Waals surface area contributed by atoms with E-state index in [1.165, 1.54) is 37.7 Å². The third-order valence-corrected chi connectivity index (χ3v) is 16.1. The lowest BCUT2D eigenvalue weighted by molar-refractivity contribution is -0.276. The average molecular weight is 1120 g/mol. The van der Waals surface area contributed by atoms with Gasteiger partial charge in [-0.25, -0.2) is 4.79 Å². The van der Waals surface area contributed by atoms with Crippen molar-refractivity contribution >= 4 is 6.09 Å². The lowest BCUT2D eigenvalue weighted by Gasteiger charge is -2.39. The van der Waals surface area contributed by atoms with Crippen LogP contribution in [0.3, 0.4) is 0 Å². The quantitative estimate of drug-likeness (QED) is 0.220. The molecule has 79 heavy (non-hydrogen) atoms. The van der Waals surface area contributed by atoms with Crippen LogP contribution >= 0.6 is 0 Å². The lowest BCUT2D eigenvalue weighted by Crippen LogP contribution is -2.49. The monoisotopic (exact) mass is 1120 g/mol. The van der Waals surface area contributed by atoms with Crippen LogP contribution in [-0.2, 0) is 20.3 Å². The van der Waals surface area contributed by atoms with E-state index >= 15 is 0 Å². The number of carbonyl (C=O) groups is 1. The molecule has 0 bridgehead atoms. The van der Waals surface area contributed by atoms with Crippen LogP contribution in [0, 0.1) is 63.1 Å². The van der Waals surface area contributed by atoms with E-state index in [0.29, 0.717) is 54.0 Å². The minimum atomic E-state index is -4.51. The van der Waals surface area contributed by atoms with Gasteiger partial charge in [-0.3, -0.25) is 4.98 Å². The number of amides is 1. The first kappa shape index (κ1) is 78.4. The van der Waals surface area contributed by atoms with Gasteiger partial charge in [0.2, 0.25) is 0 Å². The summed E-state index contributed by atoms with van der Waals surface area (Å²) in [4.78, 5) is 16.9. The number of hydrogen-bond acceptors (Lipinski definition) is 6. The number of aromatic nitrogens is 1. The number of ether oxygens (including phenoxy) is 2. The van der Waals surface area contributed by atoms with Crippen molar-refractivity contribution in [3.8, 4) is 0 Å². The summed E-state index contributed by atoms with van der Waals surface area (Å²) >= 11 is 0. The summed E-state index contributed by atoms with van der Waals surface area (Å²) in [6, 6.07) is 16.6. The maximum atomic E-state index is 13.0. The van der Waals surface area contributed by atoms with Gasteiger partial charge in [0.1, 0.15) is 0 Å². The van der Waals surface area contributed by atoms with E-state index in [9.17, 15) is 28.2 Å². The molecule has 0 radical (unpaired) electrons. The first-order valence-electron chi connectivity index (χ1n) is 30.5. The Hall–Kier alpha value is -2.69. The zero-order chi connectivity index (χ0) is 62.4. The predicted molar refractivity (Wildman–Crippen MR) is 333 cm³/mol. The Balaban J connectivity index is 0. The largest absolute Gasteiger partial charge is 0.450 e. The van der Waals surface area contributed by atoms with Crippen molar-refractivity contribution in [3.05, 3.63) is 66.0 Å². The van der Waals surface area contributed by atoms with Crippen molar-refractivity contribution in [1.82, 2.24) is 9.88 Å². The molecule has 3 aliphatic rings. The molecule has 7 nitrogen and oxygen atoms in total. The van der Waals surface area contributed by atoms with Crippen LogP contribution in [-0.4, -0.2) is 77.0 Å². The number of carbonyl (C=O) groups excluding carboxylic acids is 1. The molecule has 5 unspecified atom stereocenters. The fourth-order valence-electron chi connectivity index (χ4n) is 10.3. The number of benzene rings is 1. The minimum Gasteiger partial charge on any atom is -0.450 e. The van der Waals surface area contributed by atoms with Gasteiger partial charge in [-0.15, -0.1) is 0 Å². The van der Waals surface area contributed by atoms with Gasteiger partial charge in [0, 0.05) is 43.6 Å². The van der Waals surface area contributed by atoms with Crippen molar-refractivity contribution in [2.75, 3.05) is 27.4 Å². The summed E-state index contributed by atoms with van der Waals surface area (Å²) in [6.45, 7) is 56.7. The SMILES string of the molecule is CC(C)(C)C(C1CC1)C1CC1.CC(C)(C)c1ccccc1.CC(C)(C)c1ccccn1.CCC(C(C)O)C(C)(C)C.CCC(CC(O)(C1CC1)C(F)(F)F)C(C)(C)C.CCC(COC)C(C)(C)C.CCOC(=O)N(C)C(C)(C)C. The topological polar surface area (TPSA) is 92.1 Å². The van der Waals surface area contributed by atoms with Crippen LogP contribution < -0.4 is 0 Å². The number of aliphatic hydroxyl groups is 2. The van der Waals surface area contributed by atoms with Gasteiger partial charge in [0.05, 0.1) is 12.7 Å². The molecule has 0 aliphatic heterocycles. The van der Waals surface area contributed by atoms with Gasteiger partial charge in [-0.2, -0.15) is 13.2 Å². The molecule has 10 heteroatoms. The summed E-state index contributed by atoms with van der Waals surface area (Å²) in [5.41, 5.74) is 1.40. The van der Waals surface area contributed by atoms with Gasteiger partial charge >= 0.3 is 12.3 Å². The Kier molecular flexibility index (Phi) is 33.3. The lowest BCUT2D eigenvalue weighted by atomic mass is 9.72. The number of methoxy groups -OCH3 is 1. The first-order valence-corrected chi connectivity index (χ1v) is 30.5. The maximum absolute atomic E-state index is 13.0. The second kappa shape index (κ2) is 33.6. The second-order valence-corrected chi connectivity index (χ2v) is 30.5. The van der Waals surface area contributed by atoms with Crippen molar-refractivity contribution in [2.24, 2.45) is 63.1 Å². The van der Waals surface area contributed by atoms with Crippen LogP contribution in [0.2, 0.25) is 0 Å². The molecule has 3 aliphatic carbocycles. The highest BCUT2D eigenvalue weighted by atomic mass is 19.4. The van der Waals surface area contributed by atoms with E-state index in [0.717, 1.165) is 36.5 Å². The standard InChI is InChI=1S/C13H23F3O.C11H20.C10H14.C9H13N.2C9H20O.C8H17NO2/c1-5-9(11(2,3)4)8-12(17,10-6-7-10)13(14,15)16;1-11(2,3)10(8-4-5-8)9-6-7-9;1-10(2,3)9-7-5-4-6-8-9;1-9(2,3)8-6-4-5-7-10-8;1-6-8(7-10-5)9(2,3)4;1-6-8(7(2)10)9(3,4)5;1-6-11-7(10)9(5)8(2,3)4/h9-10,17H,5-8H2,1-4H3;8-10H,4-7H2,1-3H3;4-8H,1-3H3;4-7H,1-3H3;8H,6-7H2,1-5H3;7-8,10H,6H2,1-5H3;6H2,1-5H3. The van der Waals surface area contributed by atoms with Gasteiger partial charge < -0.3 is 24.6 Å². The molecule has 1 heterocycles. The number of hydrogen-bond donors (Lipinski definition) is 2. The van der Waals surface area contributed by atoms with Gasteiger partial charge in [0.25, 0.3) is 0 Å². The van der Waals surface area contributed by atoms with E-state index in [4.69, 9.17) is 9.47 Å². The van der Waals surface area contributed by atoms with Crippen molar-refractivity contribution in [1.29, 1.82) is 0 Å². The minimum absolute atomic E-state index is 0.116. The highest BCUT2D eigenvalue weighted by Crippen LogP contribution is 2.56. The van der Waals surface area contributed by atoms with Crippen LogP contribution in [0.4, 0.5) is 18.0 Å². The Labute approximate surface area is 486 Å². The zero-order valence-electron chi connectivity index (χ0n) is 56.4. The predicted octanol–water partition coefficient (Wildman–Crippen LogP) is 20.0. The van der Waals surface area contributed by atoms with E-state index in [1.54, 1.807) is 26.0 Å². The molecule has 1 amide bonds. The number of rotatable bonds is 12. The Morgan fingerprint density at radius 3 is 1.28 bits per heavy atom. The molecule has 3 fully saturated rings. The highest BCUT2D eigenvalue weighted by molar-refractivity contribution is 5.68. The van der Waals surface area contributed by atoms with Crippen molar-refractivity contribution < 1.29 is 37.7 Å². The summed E-state index contributed by atoms with van der Waals surface area (Å²) in [5, 5.41) is 19.4. The molecular formula is C69H127F3N2O5. The molecule has 5 rings (SSSR count). The van der Waals surface area contributed by atoms with Gasteiger partial charge in [-0.05, 0) is 166 Å². The Morgan fingerprint density at radius 2 is 1.08 bits per heavy atom. The normalized spacial score (nSPS) is 17.4. The number of nitrogens with zero attached hydrogens (tertiary/aromatic N) is 2. The van der Waals surface area contributed by atoms with Gasteiger partial charge in [-0.1, -0.05) is 201 Å². The summed E-state index contributed by atoms with van der Waals surface area (Å²) in [5.74, 6) is 3.70. The molecule has 5 atom stereocenters. The van der Waals surface area contributed by atoms with Crippen LogP contribution in [0.15, 0.2) is 54.7 Å². The molecule has 1 aromatic carbocycles. The Bertz CT molecular complexity index is 1820. The fourth-order valence-corrected chi connectivity index (χ4v) is 10.3. The van der Waals surface area contributed by atoms with Crippen molar-refractivity contribution in [2.45, 2.75) is 278 Å². The van der Waals surface area contributed by atoms with Crippen LogP contribution in [0.25, 0.3) is 0 Å². The number of pyridine rings is 1. The van der Waals surface area contributed by atoms with E-state index in [-0.39, 0.29) is 46.3 Å². The van der Waals surface area contributed by atoms with Crippen LogP contribution in [0.1, 0.15) is 255 Å². The fraction of sp³-hybridized carbons (Fsp3) is 0.826.